The first-order valence-electron chi connectivity index (χ1n) is 3.56. The van der Waals surface area contributed by atoms with Crippen molar-refractivity contribution in [1.29, 1.82) is 0 Å². The molecule has 0 amide bonds. The largest absolute Gasteiger partial charge is 0.409 e. The average Bonchev–Trinajstić information content (AvgIpc) is 2.04. The number of nitrogens with two attached hydrogens (primary N) is 1. The van der Waals surface area contributed by atoms with Gasteiger partial charge in [0.2, 0.25) is 0 Å². The van der Waals surface area contributed by atoms with Crippen LogP contribution in [-0.4, -0.2) is 37.3 Å². The minimum atomic E-state index is 0.182. The normalized spacial score (nSPS) is 11.9. The Morgan fingerprint density at radius 3 is 3.00 bits per heavy atom. The highest BCUT2D eigenvalue weighted by Gasteiger charge is 1.90. The smallest absolute Gasteiger partial charge is 0.153 e. The molecule has 5 heteroatoms. The Bertz CT molecular complexity index is 116. The van der Waals surface area contributed by atoms with Crippen molar-refractivity contribution in [2.24, 2.45) is 10.9 Å². The first kappa shape index (κ1) is 10.2. The molecule has 4 N–H and O–H groups in total. The zero-order valence-corrected chi connectivity index (χ0v) is 6.71. The lowest BCUT2D eigenvalue weighted by Crippen LogP contribution is -2.31. The minimum absolute atomic E-state index is 0.182. The molecule has 5 nitrogen and oxygen atoms in total. The van der Waals surface area contributed by atoms with Crippen LogP contribution in [-0.2, 0) is 4.74 Å². The molecular weight excluding hydrogens is 146 g/mol. The summed E-state index contributed by atoms with van der Waals surface area (Å²) in [4.78, 5) is 0. The molecule has 0 aromatic heterocycles. The third-order valence-electron chi connectivity index (χ3n) is 1.06. The third-order valence-corrected chi connectivity index (χ3v) is 1.06. The predicted octanol–water partition coefficient (Wildman–Crippen LogP) is -0.641. The SMILES string of the molecule is CCOCCNCC(N)=NO. The Kier molecular flexibility index (Phi) is 6.76. The summed E-state index contributed by atoms with van der Waals surface area (Å²) >= 11 is 0. The minimum Gasteiger partial charge on any atom is -0.409 e. The summed E-state index contributed by atoms with van der Waals surface area (Å²) in [6.45, 7) is 4.40. The van der Waals surface area contributed by atoms with Crippen molar-refractivity contribution in [3.8, 4) is 0 Å². The number of rotatable bonds is 6. The second-order valence-corrected chi connectivity index (χ2v) is 1.97. The number of oxime groups is 1. The zero-order valence-electron chi connectivity index (χ0n) is 6.71. The fourth-order valence-electron chi connectivity index (χ4n) is 0.540. The molecule has 0 saturated heterocycles. The van der Waals surface area contributed by atoms with E-state index in [1.54, 1.807) is 0 Å². The molecule has 0 fully saturated rings. The van der Waals surface area contributed by atoms with Gasteiger partial charge in [0.05, 0.1) is 13.2 Å². The monoisotopic (exact) mass is 161 g/mol. The van der Waals surface area contributed by atoms with Crippen molar-refractivity contribution < 1.29 is 9.94 Å². The van der Waals surface area contributed by atoms with Crippen molar-refractivity contribution >= 4 is 5.84 Å². The van der Waals surface area contributed by atoms with Crippen molar-refractivity contribution in [3.63, 3.8) is 0 Å². The highest BCUT2D eigenvalue weighted by Crippen LogP contribution is 1.70. The zero-order chi connectivity index (χ0) is 8.53. The molecule has 0 radical (unpaired) electrons. The van der Waals surface area contributed by atoms with Gasteiger partial charge in [-0.15, -0.1) is 0 Å². The van der Waals surface area contributed by atoms with E-state index in [-0.39, 0.29) is 5.84 Å². The van der Waals surface area contributed by atoms with Crippen LogP contribution >= 0.6 is 0 Å². The maximum atomic E-state index is 8.13. The van der Waals surface area contributed by atoms with Crippen molar-refractivity contribution in [3.05, 3.63) is 0 Å². The van der Waals surface area contributed by atoms with Crippen LogP contribution in [0.1, 0.15) is 6.92 Å². The summed E-state index contributed by atoms with van der Waals surface area (Å²) in [5.41, 5.74) is 5.18. The van der Waals surface area contributed by atoms with E-state index in [4.69, 9.17) is 15.7 Å². The fourth-order valence-corrected chi connectivity index (χ4v) is 0.540. The Morgan fingerprint density at radius 2 is 2.45 bits per heavy atom. The van der Waals surface area contributed by atoms with Crippen LogP contribution in [0, 0.1) is 0 Å². The van der Waals surface area contributed by atoms with Crippen LogP contribution in [0.3, 0.4) is 0 Å². The van der Waals surface area contributed by atoms with Crippen LogP contribution in [0.2, 0.25) is 0 Å². The number of nitrogens with zero attached hydrogens (tertiary/aromatic N) is 1. The molecule has 11 heavy (non-hydrogen) atoms. The van der Waals surface area contributed by atoms with Crippen molar-refractivity contribution in [2.75, 3.05) is 26.3 Å². The van der Waals surface area contributed by atoms with Crippen LogP contribution in [0.25, 0.3) is 0 Å². The molecule has 0 aromatic carbocycles. The number of hydrogen-bond acceptors (Lipinski definition) is 4. The highest BCUT2D eigenvalue weighted by molar-refractivity contribution is 5.81. The first-order valence-corrected chi connectivity index (χ1v) is 3.56. The van der Waals surface area contributed by atoms with E-state index in [0.29, 0.717) is 26.3 Å². The molecule has 0 atom stereocenters. The van der Waals surface area contributed by atoms with Gasteiger partial charge in [0.25, 0.3) is 0 Å². The highest BCUT2D eigenvalue weighted by atomic mass is 16.5. The van der Waals surface area contributed by atoms with Gasteiger partial charge in [-0.2, -0.15) is 0 Å². The topological polar surface area (TPSA) is 79.9 Å². The Morgan fingerprint density at radius 1 is 1.73 bits per heavy atom. The van der Waals surface area contributed by atoms with Gasteiger partial charge >= 0.3 is 0 Å². The average molecular weight is 161 g/mol. The standard InChI is InChI=1S/C6H15N3O2/c1-2-11-4-3-8-5-6(7)9-10/h8,10H,2-5H2,1H3,(H2,7,9). The number of nitrogens with one attached hydrogen (secondary N) is 1. The van der Waals surface area contributed by atoms with Gasteiger partial charge in [0, 0.05) is 13.2 Å². The maximum Gasteiger partial charge on any atom is 0.153 e. The molecule has 0 spiro atoms. The Balaban J connectivity index is 3.02. The molecule has 0 aromatic rings. The third kappa shape index (κ3) is 7.08. The summed E-state index contributed by atoms with van der Waals surface area (Å²) in [5, 5.41) is 13.9. The van der Waals surface area contributed by atoms with Gasteiger partial charge < -0.3 is 21.0 Å². The van der Waals surface area contributed by atoms with Crippen LogP contribution in [0.4, 0.5) is 0 Å². The summed E-state index contributed by atoms with van der Waals surface area (Å²) in [5.74, 6) is 0.182. The van der Waals surface area contributed by atoms with Crippen LogP contribution < -0.4 is 11.1 Å². The first-order chi connectivity index (χ1) is 5.31. The maximum absolute atomic E-state index is 8.13. The number of amidine groups is 1. The predicted molar refractivity (Wildman–Crippen MR) is 42.8 cm³/mol. The molecule has 0 aliphatic rings. The molecule has 0 unspecified atom stereocenters. The summed E-state index contributed by atoms with van der Waals surface area (Å²) in [6.07, 6.45) is 0. The van der Waals surface area contributed by atoms with Gasteiger partial charge in [-0.1, -0.05) is 5.16 Å². The second kappa shape index (κ2) is 7.30. The quantitative estimate of drug-likeness (QED) is 0.159. The van der Waals surface area contributed by atoms with E-state index in [0.717, 1.165) is 0 Å². The molecule has 0 heterocycles. The second-order valence-electron chi connectivity index (χ2n) is 1.97. The number of hydrogen-bond donors (Lipinski definition) is 3. The molecule has 0 bridgehead atoms. The van der Waals surface area contributed by atoms with Gasteiger partial charge in [0.1, 0.15) is 0 Å². The van der Waals surface area contributed by atoms with E-state index in [1.807, 2.05) is 6.92 Å². The summed E-state index contributed by atoms with van der Waals surface area (Å²) < 4.78 is 5.04. The summed E-state index contributed by atoms with van der Waals surface area (Å²) in [6, 6.07) is 0. The molecule has 0 saturated carbocycles. The molecule has 0 rings (SSSR count). The van der Waals surface area contributed by atoms with Crippen molar-refractivity contribution in [1.82, 2.24) is 5.32 Å². The van der Waals surface area contributed by atoms with Gasteiger partial charge in [-0.3, -0.25) is 0 Å². The lowest BCUT2D eigenvalue weighted by Gasteiger charge is -2.02. The summed E-state index contributed by atoms with van der Waals surface area (Å²) in [7, 11) is 0. The molecule has 0 aliphatic carbocycles. The van der Waals surface area contributed by atoms with E-state index < -0.39 is 0 Å². The fraction of sp³-hybridized carbons (Fsp3) is 0.833. The lowest BCUT2D eigenvalue weighted by molar-refractivity contribution is 0.150. The Labute approximate surface area is 66.2 Å². The van der Waals surface area contributed by atoms with E-state index in [2.05, 4.69) is 10.5 Å². The molecule has 0 aliphatic heterocycles. The van der Waals surface area contributed by atoms with E-state index in [1.165, 1.54) is 0 Å². The Hall–Kier alpha value is -0.810. The van der Waals surface area contributed by atoms with E-state index >= 15 is 0 Å². The van der Waals surface area contributed by atoms with Gasteiger partial charge in [-0.05, 0) is 6.92 Å². The van der Waals surface area contributed by atoms with Crippen LogP contribution in [0.15, 0.2) is 5.16 Å². The lowest BCUT2D eigenvalue weighted by atomic mass is 10.5. The molecule has 66 valence electrons. The van der Waals surface area contributed by atoms with Crippen LogP contribution in [0.5, 0.6) is 0 Å². The van der Waals surface area contributed by atoms with Crippen molar-refractivity contribution in [2.45, 2.75) is 6.92 Å². The number of ether oxygens (including phenoxy) is 1. The van der Waals surface area contributed by atoms with E-state index in [9.17, 15) is 0 Å². The van der Waals surface area contributed by atoms with Gasteiger partial charge in [-0.25, -0.2) is 0 Å². The van der Waals surface area contributed by atoms with Gasteiger partial charge in [0.15, 0.2) is 5.84 Å². The molecular formula is C6H15N3O2.